The van der Waals surface area contributed by atoms with Crippen molar-refractivity contribution in [1.82, 2.24) is 5.32 Å². The van der Waals surface area contributed by atoms with E-state index in [1.165, 1.54) is 15.3 Å². The van der Waals surface area contributed by atoms with Gasteiger partial charge in [0.05, 0.1) is 0 Å². The van der Waals surface area contributed by atoms with Gasteiger partial charge >= 0.3 is 0 Å². The number of thiophene rings is 1. The molecule has 19 heavy (non-hydrogen) atoms. The molecule has 0 aliphatic rings. The lowest BCUT2D eigenvalue weighted by Crippen LogP contribution is -2.21. The lowest BCUT2D eigenvalue weighted by Gasteiger charge is -2.19. The van der Waals surface area contributed by atoms with Gasteiger partial charge in [-0.05, 0) is 50.1 Å². The van der Waals surface area contributed by atoms with Crippen molar-refractivity contribution in [2.45, 2.75) is 39.3 Å². The van der Waals surface area contributed by atoms with E-state index in [-0.39, 0.29) is 0 Å². The number of hydrogen-bond donors (Lipinski definition) is 1. The highest BCUT2D eigenvalue weighted by atomic mass is 35.5. The topological polar surface area (TPSA) is 12.0 Å². The van der Waals surface area contributed by atoms with Gasteiger partial charge in [0.2, 0.25) is 0 Å². The first-order valence-corrected chi connectivity index (χ1v) is 7.89. The number of rotatable bonds is 5. The molecule has 0 bridgehead atoms. The molecule has 0 fully saturated rings. The van der Waals surface area contributed by atoms with Gasteiger partial charge in [-0.2, -0.15) is 0 Å². The third-order valence-corrected chi connectivity index (χ3v) is 4.95. The summed E-state index contributed by atoms with van der Waals surface area (Å²) in [4.78, 5) is 2.84. The molecule has 0 amide bonds. The Morgan fingerprint density at radius 2 is 1.95 bits per heavy atom. The molecule has 1 N–H and O–H groups in total. The van der Waals surface area contributed by atoms with E-state index in [0.717, 1.165) is 11.4 Å². The molecule has 3 heteroatoms. The minimum atomic E-state index is 0.292. The molecule has 2 aromatic rings. The lowest BCUT2D eigenvalue weighted by atomic mass is 10.1. The largest absolute Gasteiger partial charge is 0.303 e. The van der Waals surface area contributed by atoms with Gasteiger partial charge in [-0.3, -0.25) is 0 Å². The zero-order valence-electron chi connectivity index (χ0n) is 11.6. The van der Waals surface area contributed by atoms with Crippen LogP contribution in [-0.4, -0.2) is 0 Å². The summed E-state index contributed by atoms with van der Waals surface area (Å²) in [6.45, 7) is 6.59. The lowest BCUT2D eigenvalue weighted by molar-refractivity contribution is 0.500. The Bertz CT molecular complexity index is 535. The molecule has 1 aromatic heterocycles. The van der Waals surface area contributed by atoms with Gasteiger partial charge < -0.3 is 5.32 Å². The minimum Gasteiger partial charge on any atom is -0.303 e. The molecule has 102 valence electrons. The van der Waals surface area contributed by atoms with Crippen LogP contribution in [0.3, 0.4) is 0 Å². The average Bonchev–Trinajstić information content (AvgIpc) is 2.87. The van der Waals surface area contributed by atoms with Crippen LogP contribution in [0.2, 0.25) is 5.02 Å². The number of aryl methyl sites for hydroxylation is 1. The van der Waals surface area contributed by atoms with Gasteiger partial charge in [0.15, 0.2) is 0 Å². The Hall–Kier alpha value is -0.830. The molecule has 1 heterocycles. The fourth-order valence-corrected chi connectivity index (χ4v) is 3.31. The molecule has 2 atom stereocenters. The maximum atomic E-state index is 6.04. The second kappa shape index (κ2) is 6.56. The first-order chi connectivity index (χ1) is 9.10. The summed E-state index contributed by atoms with van der Waals surface area (Å²) >= 11 is 7.93. The zero-order valence-corrected chi connectivity index (χ0v) is 13.2. The maximum Gasteiger partial charge on any atom is 0.0409 e. The van der Waals surface area contributed by atoms with E-state index in [9.17, 15) is 0 Å². The highest BCUT2D eigenvalue weighted by molar-refractivity contribution is 7.12. The summed E-state index contributed by atoms with van der Waals surface area (Å²) in [5.41, 5.74) is 1.23. The molecule has 0 radical (unpaired) electrons. The Kier molecular flexibility index (Phi) is 5.03. The quantitative estimate of drug-likeness (QED) is 0.781. The van der Waals surface area contributed by atoms with Gasteiger partial charge in [-0.1, -0.05) is 30.7 Å². The molecule has 0 spiro atoms. The molecular weight excluding hydrogens is 274 g/mol. The SMILES string of the molecule is CCc1ccc(C(C)N[C@H](C)c2cccc(Cl)c2)s1. The zero-order chi connectivity index (χ0) is 13.8. The van der Waals surface area contributed by atoms with Crippen molar-refractivity contribution in [3.8, 4) is 0 Å². The van der Waals surface area contributed by atoms with Crippen molar-refractivity contribution < 1.29 is 0 Å². The van der Waals surface area contributed by atoms with E-state index in [1.54, 1.807) is 0 Å². The van der Waals surface area contributed by atoms with Crippen LogP contribution >= 0.6 is 22.9 Å². The van der Waals surface area contributed by atoms with Crippen molar-refractivity contribution >= 4 is 22.9 Å². The Balaban J connectivity index is 2.03. The molecular formula is C16H20ClNS. The number of halogens is 1. The Labute approximate surface area is 124 Å². The first kappa shape index (κ1) is 14.6. The van der Waals surface area contributed by atoms with Gasteiger partial charge in [0.25, 0.3) is 0 Å². The minimum absolute atomic E-state index is 0.292. The van der Waals surface area contributed by atoms with Crippen LogP contribution < -0.4 is 5.32 Å². The van der Waals surface area contributed by atoms with Crippen molar-refractivity contribution in [1.29, 1.82) is 0 Å². The van der Waals surface area contributed by atoms with Crippen molar-refractivity contribution in [3.63, 3.8) is 0 Å². The molecule has 0 saturated heterocycles. The van der Waals surface area contributed by atoms with E-state index in [2.05, 4.69) is 44.3 Å². The predicted molar refractivity (Wildman–Crippen MR) is 85.1 cm³/mol. The van der Waals surface area contributed by atoms with Crippen molar-refractivity contribution in [2.24, 2.45) is 0 Å². The number of benzene rings is 1. The molecule has 0 saturated carbocycles. The summed E-state index contributed by atoms with van der Waals surface area (Å²) in [6.07, 6.45) is 1.11. The highest BCUT2D eigenvalue weighted by Crippen LogP contribution is 2.26. The molecule has 1 nitrogen and oxygen atoms in total. The van der Waals surface area contributed by atoms with E-state index in [4.69, 9.17) is 11.6 Å². The van der Waals surface area contributed by atoms with E-state index in [1.807, 2.05) is 29.5 Å². The van der Waals surface area contributed by atoms with Crippen LogP contribution in [0, 0.1) is 0 Å². The molecule has 2 rings (SSSR count). The Morgan fingerprint density at radius 3 is 2.58 bits per heavy atom. The second-order valence-corrected chi connectivity index (χ2v) is 6.46. The van der Waals surface area contributed by atoms with Gasteiger partial charge in [-0.25, -0.2) is 0 Å². The van der Waals surface area contributed by atoms with Crippen LogP contribution in [0.5, 0.6) is 0 Å². The summed E-state index contributed by atoms with van der Waals surface area (Å²) in [5, 5.41) is 4.42. The van der Waals surface area contributed by atoms with Gasteiger partial charge in [0.1, 0.15) is 0 Å². The van der Waals surface area contributed by atoms with Crippen LogP contribution in [0.15, 0.2) is 36.4 Å². The van der Waals surface area contributed by atoms with Crippen LogP contribution in [0.4, 0.5) is 0 Å². The molecule has 1 unspecified atom stereocenters. The fourth-order valence-electron chi connectivity index (χ4n) is 2.15. The van der Waals surface area contributed by atoms with E-state index >= 15 is 0 Å². The van der Waals surface area contributed by atoms with Crippen molar-refractivity contribution in [2.75, 3.05) is 0 Å². The number of hydrogen-bond acceptors (Lipinski definition) is 2. The fraction of sp³-hybridized carbons (Fsp3) is 0.375. The average molecular weight is 294 g/mol. The second-order valence-electron chi connectivity index (χ2n) is 4.82. The van der Waals surface area contributed by atoms with Crippen LogP contribution in [-0.2, 0) is 6.42 Å². The summed E-state index contributed by atoms with van der Waals surface area (Å²) in [5.74, 6) is 0. The van der Waals surface area contributed by atoms with Gasteiger partial charge in [0, 0.05) is 26.9 Å². The molecule has 1 aromatic carbocycles. The van der Waals surface area contributed by atoms with Crippen LogP contribution in [0.25, 0.3) is 0 Å². The highest BCUT2D eigenvalue weighted by Gasteiger charge is 2.13. The monoisotopic (exact) mass is 293 g/mol. The van der Waals surface area contributed by atoms with E-state index < -0.39 is 0 Å². The normalized spacial score (nSPS) is 14.3. The summed E-state index contributed by atoms with van der Waals surface area (Å²) in [6, 6.07) is 13.2. The molecule has 0 aliphatic carbocycles. The molecule has 0 aliphatic heterocycles. The summed E-state index contributed by atoms with van der Waals surface area (Å²) < 4.78 is 0. The van der Waals surface area contributed by atoms with Gasteiger partial charge in [-0.15, -0.1) is 11.3 Å². The standard InChI is InChI=1S/C16H20ClNS/c1-4-15-8-9-16(19-15)12(3)18-11(2)13-6-5-7-14(17)10-13/h5-12,18H,4H2,1-3H3/t11-,12?/m1/s1. The first-order valence-electron chi connectivity index (χ1n) is 6.70. The maximum absolute atomic E-state index is 6.04. The third-order valence-electron chi connectivity index (χ3n) is 3.31. The van der Waals surface area contributed by atoms with Crippen LogP contribution in [0.1, 0.15) is 48.2 Å². The predicted octanol–water partition coefficient (Wildman–Crippen LogP) is 5.38. The smallest absolute Gasteiger partial charge is 0.0409 e. The third kappa shape index (κ3) is 3.82. The summed E-state index contributed by atoms with van der Waals surface area (Å²) in [7, 11) is 0. The van der Waals surface area contributed by atoms with E-state index in [0.29, 0.717) is 12.1 Å². The number of nitrogens with one attached hydrogen (secondary N) is 1. The van der Waals surface area contributed by atoms with Crippen molar-refractivity contribution in [3.05, 3.63) is 56.7 Å². The Morgan fingerprint density at radius 1 is 1.16 bits per heavy atom.